The van der Waals surface area contributed by atoms with Gasteiger partial charge in [0.15, 0.2) is 0 Å². The molecule has 0 unspecified atom stereocenters. The third-order valence-electron chi connectivity index (χ3n) is 2.55. The topological polar surface area (TPSA) is 72.2 Å². The Labute approximate surface area is 109 Å². The number of rotatable bonds is 3. The molecule has 0 heterocycles. The Morgan fingerprint density at radius 3 is 2.21 bits per heavy atom. The van der Waals surface area contributed by atoms with E-state index in [9.17, 15) is 14.0 Å². The van der Waals surface area contributed by atoms with Gasteiger partial charge in [-0.2, -0.15) is 0 Å². The van der Waals surface area contributed by atoms with Gasteiger partial charge in [0.1, 0.15) is 5.82 Å². The summed E-state index contributed by atoms with van der Waals surface area (Å²) in [5.74, 6) is -1.69. The van der Waals surface area contributed by atoms with Crippen molar-refractivity contribution in [3.63, 3.8) is 0 Å². The molecule has 0 aromatic heterocycles. The zero-order valence-corrected chi connectivity index (χ0v) is 9.89. The highest BCUT2D eigenvalue weighted by Gasteiger charge is 2.10. The van der Waals surface area contributed by atoms with Gasteiger partial charge in [-0.15, -0.1) is 0 Å². The Bertz CT molecular complexity index is 624. The van der Waals surface area contributed by atoms with E-state index in [4.69, 9.17) is 5.73 Å². The molecule has 0 saturated carbocycles. The van der Waals surface area contributed by atoms with Gasteiger partial charge in [-0.3, -0.25) is 9.59 Å². The lowest BCUT2D eigenvalue weighted by molar-refractivity contribution is 0.0998. The Hall–Kier alpha value is -2.69. The van der Waals surface area contributed by atoms with E-state index in [2.05, 4.69) is 5.32 Å². The fourth-order valence-corrected chi connectivity index (χ4v) is 1.56. The zero-order valence-electron chi connectivity index (χ0n) is 9.89. The first-order valence-electron chi connectivity index (χ1n) is 5.53. The average molecular weight is 258 g/mol. The molecule has 2 amide bonds. The van der Waals surface area contributed by atoms with Crippen molar-refractivity contribution in [2.45, 2.75) is 0 Å². The van der Waals surface area contributed by atoms with E-state index >= 15 is 0 Å². The first-order valence-corrected chi connectivity index (χ1v) is 5.53. The van der Waals surface area contributed by atoms with E-state index < -0.39 is 17.6 Å². The van der Waals surface area contributed by atoms with Crippen molar-refractivity contribution in [3.05, 3.63) is 65.5 Å². The van der Waals surface area contributed by atoms with Crippen molar-refractivity contribution in [2.75, 3.05) is 5.32 Å². The molecular weight excluding hydrogens is 247 g/mol. The van der Waals surface area contributed by atoms with Crippen molar-refractivity contribution >= 4 is 17.5 Å². The van der Waals surface area contributed by atoms with Crippen molar-refractivity contribution in [1.29, 1.82) is 0 Å². The lowest BCUT2D eigenvalue weighted by atomic mass is 10.1. The van der Waals surface area contributed by atoms with E-state index in [-0.39, 0.29) is 5.56 Å². The van der Waals surface area contributed by atoms with Crippen LogP contribution >= 0.6 is 0 Å². The van der Waals surface area contributed by atoms with Crippen LogP contribution in [0.25, 0.3) is 0 Å². The summed E-state index contributed by atoms with van der Waals surface area (Å²) in [6.07, 6.45) is 0. The quantitative estimate of drug-likeness (QED) is 0.885. The van der Waals surface area contributed by atoms with Crippen molar-refractivity contribution in [1.82, 2.24) is 0 Å². The van der Waals surface area contributed by atoms with Crippen LogP contribution in [0.15, 0.2) is 48.5 Å². The maximum Gasteiger partial charge on any atom is 0.258 e. The number of amides is 2. The standard InChI is InChI=1S/C14H11FN2O2/c15-12-4-2-1-3-11(12)14(19)17-10-7-5-9(6-8-10)13(16)18/h1-8H,(H2,16,18)(H,17,19). The summed E-state index contributed by atoms with van der Waals surface area (Å²) in [5, 5.41) is 2.53. The Morgan fingerprint density at radius 2 is 1.63 bits per heavy atom. The average Bonchev–Trinajstić information content (AvgIpc) is 2.39. The van der Waals surface area contributed by atoms with Gasteiger partial charge in [0, 0.05) is 11.3 Å². The van der Waals surface area contributed by atoms with Crippen LogP contribution in [0.2, 0.25) is 0 Å². The molecule has 3 N–H and O–H groups in total. The van der Waals surface area contributed by atoms with Crippen molar-refractivity contribution in [2.24, 2.45) is 5.73 Å². The van der Waals surface area contributed by atoms with Gasteiger partial charge in [0.2, 0.25) is 5.91 Å². The maximum absolute atomic E-state index is 13.4. The summed E-state index contributed by atoms with van der Waals surface area (Å²) in [5.41, 5.74) is 5.85. The molecule has 19 heavy (non-hydrogen) atoms. The minimum atomic E-state index is -0.589. The van der Waals surface area contributed by atoms with Gasteiger partial charge in [-0.25, -0.2) is 4.39 Å². The molecule has 2 aromatic carbocycles. The molecule has 0 atom stereocenters. The summed E-state index contributed by atoms with van der Waals surface area (Å²) in [6, 6.07) is 11.7. The molecule has 0 radical (unpaired) electrons. The van der Waals surface area contributed by atoms with Gasteiger partial charge >= 0.3 is 0 Å². The highest BCUT2D eigenvalue weighted by Crippen LogP contribution is 2.13. The highest BCUT2D eigenvalue weighted by molar-refractivity contribution is 6.04. The molecule has 0 saturated heterocycles. The number of benzene rings is 2. The minimum Gasteiger partial charge on any atom is -0.366 e. The van der Waals surface area contributed by atoms with E-state index in [1.807, 2.05) is 0 Å². The lowest BCUT2D eigenvalue weighted by Gasteiger charge is -2.06. The number of halogens is 1. The van der Waals surface area contributed by atoms with Gasteiger partial charge in [0.25, 0.3) is 5.91 Å². The number of hydrogen-bond acceptors (Lipinski definition) is 2. The van der Waals surface area contributed by atoms with Crippen molar-refractivity contribution in [3.8, 4) is 0 Å². The molecule has 96 valence electrons. The molecule has 0 aliphatic rings. The van der Waals surface area contributed by atoms with Crippen LogP contribution in [-0.4, -0.2) is 11.8 Å². The van der Waals surface area contributed by atoms with Gasteiger partial charge < -0.3 is 11.1 Å². The highest BCUT2D eigenvalue weighted by atomic mass is 19.1. The fraction of sp³-hybridized carbons (Fsp3) is 0. The number of carbonyl (C=O) groups excluding carboxylic acids is 2. The van der Waals surface area contributed by atoms with E-state index in [0.29, 0.717) is 11.3 Å². The molecule has 0 fully saturated rings. The second-order valence-electron chi connectivity index (χ2n) is 3.88. The van der Waals surface area contributed by atoms with Gasteiger partial charge in [-0.1, -0.05) is 12.1 Å². The van der Waals surface area contributed by atoms with Crippen LogP contribution < -0.4 is 11.1 Å². The normalized spacial score (nSPS) is 9.95. The largest absolute Gasteiger partial charge is 0.366 e. The smallest absolute Gasteiger partial charge is 0.258 e. The molecule has 0 spiro atoms. The second-order valence-corrected chi connectivity index (χ2v) is 3.88. The Balaban J connectivity index is 2.15. The monoisotopic (exact) mass is 258 g/mol. The van der Waals surface area contributed by atoms with Gasteiger partial charge in [-0.05, 0) is 36.4 Å². The Morgan fingerprint density at radius 1 is 1.00 bits per heavy atom. The van der Waals surface area contributed by atoms with Crippen LogP contribution in [0.5, 0.6) is 0 Å². The molecule has 2 rings (SSSR count). The fourth-order valence-electron chi connectivity index (χ4n) is 1.56. The molecule has 5 heteroatoms. The molecule has 4 nitrogen and oxygen atoms in total. The summed E-state index contributed by atoms with van der Waals surface area (Å²) in [7, 11) is 0. The Kier molecular flexibility index (Phi) is 3.56. The van der Waals surface area contributed by atoms with Crippen LogP contribution in [0, 0.1) is 5.82 Å². The van der Waals surface area contributed by atoms with E-state index in [0.717, 1.165) is 0 Å². The molecule has 0 bridgehead atoms. The number of anilines is 1. The summed E-state index contributed by atoms with van der Waals surface area (Å²) in [4.78, 5) is 22.7. The third-order valence-corrected chi connectivity index (χ3v) is 2.55. The molecule has 2 aromatic rings. The summed E-state index contributed by atoms with van der Waals surface area (Å²) < 4.78 is 13.4. The van der Waals surface area contributed by atoms with Crippen LogP contribution in [0.1, 0.15) is 20.7 Å². The van der Waals surface area contributed by atoms with Crippen LogP contribution in [0.4, 0.5) is 10.1 Å². The lowest BCUT2D eigenvalue weighted by Crippen LogP contribution is -2.14. The van der Waals surface area contributed by atoms with Gasteiger partial charge in [0.05, 0.1) is 5.56 Å². The zero-order chi connectivity index (χ0) is 13.8. The maximum atomic E-state index is 13.4. The first-order chi connectivity index (χ1) is 9.08. The second kappa shape index (κ2) is 5.30. The van der Waals surface area contributed by atoms with E-state index in [1.165, 1.54) is 42.5 Å². The molecule has 0 aliphatic carbocycles. The predicted molar refractivity (Wildman–Crippen MR) is 69.3 cm³/mol. The minimum absolute atomic E-state index is 0.0403. The predicted octanol–water partition coefficient (Wildman–Crippen LogP) is 2.18. The summed E-state index contributed by atoms with van der Waals surface area (Å²) in [6.45, 7) is 0. The number of nitrogens with two attached hydrogens (primary N) is 1. The number of carbonyl (C=O) groups is 2. The van der Waals surface area contributed by atoms with Crippen molar-refractivity contribution < 1.29 is 14.0 Å². The number of nitrogens with one attached hydrogen (secondary N) is 1. The van der Waals surface area contributed by atoms with Crippen LogP contribution in [0.3, 0.4) is 0 Å². The van der Waals surface area contributed by atoms with E-state index in [1.54, 1.807) is 6.07 Å². The first kappa shape index (κ1) is 12.8. The SMILES string of the molecule is NC(=O)c1ccc(NC(=O)c2ccccc2F)cc1. The number of primary amides is 1. The molecular formula is C14H11FN2O2. The van der Waals surface area contributed by atoms with Crippen LogP contribution in [-0.2, 0) is 0 Å². The molecule has 0 aliphatic heterocycles. The summed E-state index contributed by atoms with van der Waals surface area (Å²) >= 11 is 0. The number of hydrogen-bond donors (Lipinski definition) is 2. The third kappa shape index (κ3) is 2.95.